The van der Waals surface area contributed by atoms with E-state index < -0.39 is 17.8 Å². The number of carboxylic acids is 1. The highest BCUT2D eigenvalue weighted by molar-refractivity contribution is 5.96. The van der Waals surface area contributed by atoms with Crippen LogP contribution >= 0.6 is 0 Å². The standard InChI is InChI=1S/C27H33NO6/c1-16-24(32-2)13-17(14-25(16)33-3)21-9-8-19(12-18(21)15-34-20-6-4-5-7-20)28-26(29)22-10-11-23(22)27(30)31/h8-9,12-14,20,22-23H,4-7,10-11,15H2,1-3H3,(H,28,29)(H,30,31)/t22-,23-/m1/s1. The van der Waals surface area contributed by atoms with Gasteiger partial charge in [-0.1, -0.05) is 18.9 Å². The molecule has 4 rings (SSSR count). The van der Waals surface area contributed by atoms with Crippen molar-refractivity contribution >= 4 is 17.6 Å². The van der Waals surface area contributed by atoms with Crippen molar-refractivity contribution in [2.75, 3.05) is 19.5 Å². The predicted octanol–water partition coefficient (Wildman–Crippen LogP) is 5.19. The molecule has 7 nitrogen and oxygen atoms in total. The number of nitrogens with one attached hydrogen (secondary N) is 1. The van der Waals surface area contributed by atoms with Gasteiger partial charge in [0, 0.05) is 11.3 Å². The number of carbonyl (C=O) groups excluding carboxylic acids is 1. The predicted molar refractivity (Wildman–Crippen MR) is 129 cm³/mol. The van der Waals surface area contributed by atoms with Gasteiger partial charge in [-0.05, 0) is 73.6 Å². The van der Waals surface area contributed by atoms with Gasteiger partial charge in [0.05, 0.1) is 38.8 Å². The number of rotatable bonds is 9. The van der Waals surface area contributed by atoms with E-state index >= 15 is 0 Å². The first kappa shape index (κ1) is 24.1. The van der Waals surface area contributed by atoms with Crippen LogP contribution in [-0.4, -0.2) is 37.3 Å². The van der Waals surface area contributed by atoms with Crippen molar-refractivity contribution in [1.82, 2.24) is 0 Å². The van der Waals surface area contributed by atoms with Crippen LogP contribution in [0.4, 0.5) is 5.69 Å². The lowest BCUT2D eigenvalue weighted by Crippen LogP contribution is -2.41. The second-order valence-electron chi connectivity index (χ2n) is 9.21. The molecule has 2 aliphatic rings. The summed E-state index contributed by atoms with van der Waals surface area (Å²) in [6, 6.07) is 9.70. The molecular weight excluding hydrogens is 434 g/mol. The zero-order chi connectivity index (χ0) is 24.2. The van der Waals surface area contributed by atoms with Crippen molar-refractivity contribution in [2.45, 2.75) is 58.2 Å². The van der Waals surface area contributed by atoms with Gasteiger partial charge in [-0.25, -0.2) is 0 Å². The molecule has 2 aromatic rings. The summed E-state index contributed by atoms with van der Waals surface area (Å²) in [6.45, 7) is 2.37. The SMILES string of the molecule is COc1cc(-c2ccc(NC(=O)[C@@H]3CC[C@H]3C(=O)O)cc2COC2CCCC2)cc(OC)c1C. The van der Waals surface area contributed by atoms with Gasteiger partial charge in [0.25, 0.3) is 0 Å². The lowest BCUT2D eigenvalue weighted by molar-refractivity contribution is -0.151. The molecule has 0 saturated heterocycles. The molecule has 2 aromatic carbocycles. The maximum Gasteiger partial charge on any atom is 0.307 e. The van der Waals surface area contributed by atoms with Gasteiger partial charge in [0.1, 0.15) is 11.5 Å². The minimum absolute atomic E-state index is 0.243. The van der Waals surface area contributed by atoms with Crippen molar-refractivity contribution in [2.24, 2.45) is 11.8 Å². The molecular formula is C27H33NO6. The number of ether oxygens (including phenoxy) is 3. The molecule has 34 heavy (non-hydrogen) atoms. The summed E-state index contributed by atoms with van der Waals surface area (Å²) in [5.41, 5.74) is 4.42. The molecule has 0 radical (unpaired) electrons. The molecule has 0 aromatic heterocycles. The number of hydrogen-bond donors (Lipinski definition) is 2. The second-order valence-corrected chi connectivity index (χ2v) is 9.21. The Balaban J connectivity index is 1.63. The van der Waals surface area contributed by atoms with Gasteiger partial charge in [-0.3, -0.25) is 9.59 Å². The molecule has 2 N–H and O–H groups in total. The molecule has 1 amide bonds. The lowest BCUT2D eigenvalue weighted by atomic mass is 9.73. The molecule has 2 saturated carbocycles. The van der Waals surface area contributed by atoms with Crippen molar-refractivity contribution < 1.29 is 28.9 Å². The van der Waals surface area contributed by atoms with Crippen LogP contribution in [0.5, 0.6) is 11.5 Å². The smallest absolute Gasteiger partial charge is 0.307 e. The second kappa shape index (κ2) is 10.5. The molecule has 2 fully saturated rings. The number of hydrogen-bond acceptors (Lipinski definition) is 5. The molecule has 0 aliphatic heterocycles. The normalized spacial score (nSPS) is 20.0. The Bertz CT molecular complexity index is 1030. The van der Waals surface area contributed by atoms with E-state index in [0.29, 0.717) is 25.1 Å². The van der Waals surface area contributed by atoms with Gasteiger partial charge in [0.15, 0.2) is 0 Å². The molecule has 0 heterocycles. The average Bonchev–Trinajstić information content (AvgIpc) is 3.30. The topological polar surface area (TPSA) is 94.1 Å². The fourth-order valence-corrected chi connectivity index (χ4v) is 4.92. The number of methoxy groups -OCH3 is 2. The maximum absolute atomic E-state index is 12.7. The minimum Gasteiger partial charge on any atom is -0.496 e. The van der Waals surface area contributed by atoms with E-state index in [9.17, 15) is 14.7 Å². The van der Waals surface area contributed by atoms with Crippen molar-refractivity contribution in [3.05, 3.63) is 41.5 Å². The third-order valence-corrected chi connectivity index (χ3v) is 7.14. The third kappa shape index (κ3) is 5.04. The molecule has 2 atom stereocenters. The van der Waals surface area contributed by atoms with E-state index in [1.165, 1.54) is 12.8 Å². The van der Waals surface area contributed by atoms with Crippen LogP contribution in [0, 0.1) is 18.8 Å². The summed E-state index contributed by atoms with van der Waals surface area (Å²) >= 11 is 0. The van der Waals surface area contributed by atoms with E-state index in [2.05, 4.69) is 5.32 Å². The first-order valence-electron chi connectivity index (χ1n) is 11.9. The minimum atomic E-state index is -0.908. The highest BCUT2D eigenvalue weighted by Gasteiger charge is 2.41. The zero-order valence-electron chi connectivity index (χ0n) is 20.1. The largest absolute Gasteiger partial charge is 0.496 e. The monoisotopic (exact) mass is 467 g/mol. The molecule has 7 heteroatoms. The molecule has 0 bridgehead atoms. The quantitative estimate of drug-likeness (QED) is 0.527. The lowest BCUT2D eigenvalue weighted by Gasteiger charge is -2.32. The van der Waals surface area contributed by atoms with Crippen LogP contribution in [-0.2, 0) is 20.9 Å². The average molecular weight is 468 g/mol. The van der Waals surface area contributed by atoms with E-state index in [1.54, 1.807) is 14.2 Å². The van der Waals surface area contributed by atoms with Crippen LogP contribution in [0.25, 0.3) is 11.1 Å². The fourth-order valence-electron chi connectivity index (χ4n) is 4.92. The summed E-state index contributed by atoms with van der Waals surface area (Å²) in [6.07, 6.45) is 5.90. The summed E-state index contributed by atoms with van der Waals surface area (Å²) in [5.74, 6) is -0.765. The Labute approximate surface area is 200 Å². The molecule has 182 valence electrons. The summed E-state index contributed by atoms with van der Waals surface area (Å²) in [7, 11) is 3.28. The highest BCUT2D eigenvalue weighted by atomic mass is 16.5. The summed E-state index contributed by atoms with van der Waals surface area (Å²) < 4.78 is 17.4. The van der Waals surface area contributed by atoms with E-state index in [1.807, 2.05) is 37.3 Å². The van der Waals surface area contributed by atoms with Crippen LogP contribution in [0.2, 0.25) is 0 Å². The number of carboxylic acid groups (broad SMARTS) is 1. The first-order chi connectivity index (χ1) is 16.4. The van der Waals surface area contributed by atoms with Crippen molar-refractivity contribution in [3.63, 3.8) is 0 Å². The van der Waals surface area contributed by atoms with Gasteiger partial charge >= 0.3 is 5.97 Å². The highest BCUT2D eigenvalue weighted by Crippen LogP contribution is 2.38. The maximum atomic E-state index is 12.7. The number of aliphatic carboxylic acids is 1. The number of benzene rings is 2. The third-order valence-electron chi connectivity index (χ3n) is 7.14. The van der Waals surface area contributed by atoms with Crippen LogP contribution < -0.4 is 14.8 Å². The fraction of sp³-hybridized carbons (Fsp3) is 0.481. The zero-order valence-corrected chi connectivity index (χ0v) is 20.1. The van der Waals surface area contributed by atoms with Gasteiger partial charge in [-0.15, -0.1) is 0 Å². The molecule has 0 spiro atoms. The Kier molecular flexibility index (Phi) is 7.41. The van der Waals surface area contributed by atoms with Crippen molar-refractivity contribution in [1.29, 1.82) is 0 Å². The van der Waals surface area contributed by atoms with Crippen LogP contribution in [0.1, 0.15) is 49.7 Å². The Morgan fingerprint density at radius 3 is 2.18 bits per heavy atom. The van der Waals surface area contributed by atoms with E-state index in [4.69, 9.17) is 14.2 Å². The first-order valence-corrected chi connectivity index (χ1v) is 11.9. The van der Waals surface area contributed by atoms with E-state index in [-0.39, 0.29) is 12.0 Å². The Hall–Kier alpha value is -3.06. The summed E-state index contributed by atoms with van der Waals surface area (Å²) in [5, 5.41) is 12.2. The van der Waals surface area contributed by atoms with Gasteiger partial charge < -0.3 is 24.6 Å². The number of carbonyl (C=O) groups is 2. The Morgan fingerprint density at radius 2 is 1.62 bits per heavy atom. The summed E-state index contributed by atoms with van der Waals surface area (Å²) in [4.78, 5) is 24.0. The number of amides is 1. The number of anilines is 1. The van der Waals surface area contributed by atoms with Crippen LogP contribution in [0.15, 0.2) is 30.3 Å². The molecule has 2 aliphatic carbocycles. The van der Waals surface area contributed by atoms with Gasteiger partial charge in [0.2, 0.25) is 5.91 Å². The van der Waals surface area contributed by atoms with Crippen molar-refractivity contribution in [3.8, 4) is 22.6 Å². The Morgan fingerprint density at radius 1 is 0.971 bits per heavy atom. The van der Waals surface area contributed by atoms with E-state index in [0.717, 1.165) is 46.6 Å². The molecule has 0 unspecified atom stereocenters. The van der Waals surface area contributed by atoms with Crippen LogP contribution in [0.3, 0.4) is 0 Å². The van der Waals surface area contributed by atoms with Gasteiger partial charge in [-0.2, -0.15) is 0 Å².